The molecule has 0 unspecified atom stereocenters. The number of pyridine rings is 1. The van der Waals surface area contributed by atoms with Crippen LogP contribution in [-0.2, 0) is 4.79 Å². The first kappa shape index (κ1) is 8.31. The number of aromatic nitrogens is 1. The SMILES string of the molecule is O=C1CCNc2ccnc(Cl)c2N1. The fourth-order valence-electron chi connectivity index (χ4n) is 1.22. The zero-order valence-corrected chi connectivity index (χ0v) is 7.56. The van der Waals surface area contributed by atoms with Crippen molar-refractivity contribution >= 4 is 28.9 Å². The van der Waals surface area contributed by atoms with Crippen LogP contribution in [0.25, 0.3) is 0 Å². The van der Waals surface area contributed by atoms with E-state index in [1.165, 1.54) is 0 Å². The van der Waals surface area contributed by atoms with Gasteiger partial charge in [0.2, 0.25) is 5.91 Å². The zero-order valence-electron chi connectivity index (χ0n) is 6.80. The number of carbonyl (C=O) groups excluding carboxylic acids is 1. The summed E-state index contributed by atoms with van der Waals surface area (Å²) in [7, 11) is 0. The summed E-state index contributed by atoms with van der Waals surface area (Å²) < 4.78 is 0. The number of hydrogen-bond donors (Lipinski definition) is 2. The lowest BCUT2D eigenvalue weighted by Crippen LogP contribution is -2.11. The molecule has 4 nitrogen and oxygen atoms in total. The van der Waals surface area contributed by atoms with Crippen LogP contribution < -0.4 is 10.6 Å². The van der Waals surface area contributed by atoms with Crippen molar-refractivity contribution in [2.75, 3.05) is 17.2 Å². The van der Waals surface area contributed by atoms with E-state index in [-0.39, 0.29) is 5.91 Å². The highest BCUT2D eigenvalue weighted by Crippen LogP contribution is 2.29. The molecule has 68 valence electrons. The molecule has 1 aliphatic rings. The van der Waals surface area contributed by atoms with Gasteiger partial charge in [-0.15, -0.1) is 0 Å². The second-order valence-corrected chi connectivity index (χ2v) is 3.11. The Labute approximate surface area is 80.3 Å². The molecule has 2 N–H and O–H groups in total. The van der Waals surface area contributed by atoms with E-state index in [4.69, 9.17) is 11.6 Å². The highest BCUT2D eigenvalue weighted by Gasteiger charge is 2.14. The van der Waals surface area contributed by atoms with Gasteiger partial charge in [0, 0.05) is 19.2 Å². The molecule has 0 saturated heterocycles. The number of amides is 1. The highest BCUT2D eigenvalue weighted by atomic mass is 35.5. The van der Waals surface area contributed by atoms with Gasteiger partial charge in [0.1, 0.15) is 5.69 Å². The number of rotatable bonds is 0. The van der Waals surface area contributed by atoms with Crippen LogP contribution in [0.3, 0.4) is 0 Å². The molecule has 0 spiro atoms. The molecule has 0 aromatic carbocycles. The molecule has 0 radical (unpaired) electrons. The molecule has 0 saturated carbocycles. The fraction of sp³-hybridized carbons (Fsp3) is 0.250. The third kappa shape index (κ3) is 1.58. The molecule has 2 heterocycles. The summed E-state index contributed by atoms with van der Waals surface area (Å²) in [4.78, 5) is 15.0. The summed E-state index contributed by atoms with van der Waals surface area (Å²) in [5.41, 5.74) is 1.40. The number of nitrogens with one attached hydrogen (secondary N) is 2. The highest BCUT2D eigenvalue weighted by molar-refractivity contribution is 6.33. The van der Waals surface area contributed by atoms with Crippen LogP contribution in [0.4, 0.5) is 11.4 Å². The van der Waals surface area contributed by atoms with Crippen molar-refractivity contribution in [1.82, 2.24) is 4.98 Å². The van der Waals surface area contributed by atoms with Crippen LogP contribution in [0.2, 0.25) is 5.15 Å². The van der Waals surface area contributed by atoms with E-state index in [0.29, 0.717) is 23.8 Å². The molecule has 13 heavy (non-hydrogen) atoms. The number of halogens is 1. The maximum absolute atomic E-state index is 11.2. The molecule has 0 bridgehead atoms. The Balaban J connectivity index is 2.46. The monoisotopic (exact) mass is 197 g/mol. The summed E-state index contributed by atoms with van der Waals surface area (Å²) >= 11 is 5.81. The van der Waals surface area contributed by atoms with Crippen LogP contribution in [0, 0.1) is 0 Å². The molecule has 5 heteroatoms. The average Bonchev–Trinajstić information content (AvgIpc) is 2.28. The molecule has 0 atom stereocenters. The molecule has 1 aromatic rings. The van der Waals surface area contributed by atoms with Gasteiger partial charge in [0.25, 0.3) is 0 Å². The fourth-order valence-corrected chi connectivity index (χ4v) is 1.42. The van der Waals surface area contributed by atoms with E-state index in [2.05, 4.69) is 15.6 Å². The lowest BCUT2D eigenvalue weighted by Gasteiger charge is -2.07. The van der Waals surface area contributed by atoms with E-state index >= 15 is 0 Å². The van der Waals surface area contributed by atoms with Gasteiger partial charge >= 0.3 is 0 Å². The van der Waals surface area contributed by atoms with Crippen molar-refractivity contribution in [3.05, 3.63) is 17.4 Å². The van der Waals surface area contributed by atoms with Crippen LogP contribution in [-0.4, -0.2) is 17.4 Å². The summed E-state index contributed by atoms with van der Waals surface area (Å²) in [6.07, 6.45) is 2.05. The van der Waals surface area contributed by atoms with E-state index in [9.17, 15) is 4.79 Å². The van der Waals surface area contributed by atoms with E-state index in [1.54, 1.807) is 12.3 Å². The average molecular weight is 198 g/mol. The van der Waals surface area contributed by atoms with Gasteiger partial charge in [-0.1, -0.05) is 11.6 Å². The maximum atomic E-state index is 11.2. The van der Waals surface area contributed by atoms with Crippen LogP contribution >= 0.6 is 11.6 Å². The van der Waals surface area contributed by atoms with Gasteiger partial charge in [-0.05, 0) is 6.07 Å². The third-order valence-corrected chi connectivity index (χ3v) is 2.12. The summed E-state index contributed by atoms with van der Waals surface area (Å²) in [5, 5.41) is 6.10. The first-order chi connectivity index (χ1) is 6.27. The largest absolute Gasteiger partial charge is 0.383 e. The Morgan fingerprint density at radius 1 is 1.54 bits per heavy atom. The lowest BCUT2D eigenvalue weighted by molar-refractivity contribution is -0.115. The summed E-state index contributed by atoms with van der Waals surface area (Å²) in [6.45, 7) is 0.624. The standard InChI is InChI=1S/C8H8ClN3O/c9-8-7-5(1-3-11-8)10-4-2-6(13)12-7/h1,3,10H,2,4H2,(H,12,13). The smallest absolute Gasteiger partial charge is 0.226 e. The van der Waals surface area contributed by atoms with Gasteiger partial charge in [0.05, 0.1) is 5.69 Å². The molecular weight excluding hydrogens is 190 g/mol. The van der Waals surface area contributed by atoms with Gasteiger partial charge in [0.15, 0.2) is 5.15 Å². The van der Waals surface area contributed by atoms with Gasteiger partial charge in [-0.25, -0.2) is 4.98 Å². The summed E-state index contributed by atoms with van der Waals surface area (Å²) in [6, 6.07) is 1.78. The molecule has 1 aromatic heterocycles. The van der Waals surface area contributed by atoms with Crippen molar-refractivity contribution in [2.24, 2.45) is 0 Å². The number of carbonyl (C=O) groups is 1. The van der Waals surface area contributed by atoms with Gasteiger partial charge in [-0.2, -0.15) is 0 Å². The molecule has 1 aliphatic heterocycles. The number of hydrogen-bond acceptors (Lipinski definition) is 3. The van der Waals surface area contributed by atoms with Crippen molar-refractivity contribution in [1.29, 1.82) is 0 Å². The topological polar surface area (TPSA) is 54.0 Å². The van der Waals surface area contributed by atoms with E-state index < -0.39 is 0 Å². The van der Waals surface area contributed by atoms with Crippen LogP contribution in [0.15, 0.2) is 12.3 Å². The van der Waals surface area contributed by atoms with E-state index in [0.717, 1.165) is 5.69 Å². The number of anilines is 2. The van der Waals surface area contributed by atoms with Crippen molar-refractivity contribution in [2.45, 2.75) is 6.42 Å². The molecule has 0 aliphatic carbocycles. The predicted octanol–water partition coefficient (Wildman–Crippen LogP) is 1.49. The van der Waals surface area contributed by atoms with E-state index in [1.807, 2.05) is 0 Å². The quantitative estimate of drug-likeness (QED) is 0.620. The molecule has 1 amide bonds. The molecular formula is C8H8ClN3O. The Morgan fingerprint density at radius 3 is 3.23 bits per heavy atom. The first-order valence-electron chi connectivity index (χ1n) is 3.95. The Kier molecular flexibility index (Phi) is 2.06. The van der Waals surface area contributed by atoms with Gasteiger partial charge in [-0.3, -0.25) is 4.79 Å². The first-order valence-corrected chi connectivity index (χ1v) is 4.33. The van der Waals surface area contributed by atoms with Crippen molar-refractivity contribution in [3.8, 4) is 0 Å². The lowest BCUT2D eigenvalue weighted by atomic mass is 10.3. The number of nitrogens with zero attached hydrogens (tertiary/aromatic N) is 1. The Bertz CT molecular complexity index is 353. The van der Waals surface area contributed by atoms with Gasteiger partial charge < -0.3 is 10.6 Å². The Hall–Kier alpha value is -1.29. The Morgan fingerprint density at radius 2 is 2.38 bits per heavy atom. The predicted molar refractivity (Wildman–Crippen MR) is 51.0 cm³/mol. The van der Waals surface area contributed by atoms with Crippen molar-refractivity contribution in [3.63, 3.8) is 0 Å². The summed E-state index contributed by atoms with van der Waals surface area (Å²) in [5.74, 6) is -0.0406. The third-order valence-electron chi connectivity index (χ3n) is 1.84. The maximum Gasteiger partial charge on any atom is 0.226 e. The normalized spacial score (nSPS) is 15.3. The minimum absolute atomic E-state index is 0.0406. The van der Waals surface area contributed by atoms with Crippen molar-refractivity contribution < 1.29 is 4.79 Å². The number of fused-ring (bicyclic) bond motifs is 1. The zero-order chi connectivity index (χ0) is 9.26. The van der Waals surface area contributed by atoms with Crippen LogP contribution in [0.1, 0.15) is 6.42 Å². The molecule has 2 rings (SSSR count). The minimum atomic E-state index is -0.0406. The molecule has 0 fully saturated rings. The second kappa shape index (κ2) is 3.22. The minimum Gasteiger partial charge on any atom is -0.383 e. The second-order valence-electron chi connectivity index (χ2n) is 2.75. The van der Waals surface area contributed by atoms with Crippen LogP contribution in [0.5, 0.6) is 0 Å².